The standard InChI is InChI=1S/C16H26N2O/c1-3-6-13-9-11-18(12-10-13)14-7-5-8-15(16(14)17)19-4-2/h5,7-8,13H,3-4,6,9-12,17H2,1-2H3. The number of hydrogen-bond acceptors (Lipinski definition) is 3. The quantitative estimate of drug-likeness (QED) is 0.823. The van der Waals surface area contributed by atoms with Crippen LogP contribution in [0.4, 0.5) is 11.4 Å². The van der Waals surface area contributed by atoms with Crippen molar-refractivity contribution in [2.45, 2.75) is 39.5 Å². The van der Waals surface area contributed by atoms with Gasteiger partial charge >= 0.3 is 0 Å². The number of para-hydroxylation sites is 1. The van der Waals surface area contributed by atoms with Gasteiger partial charge in [0, 0.05) is 13.1 Å². The van der Waals surface area contributed by atoms with E-state index >= 15 is 0 Å². The van der Waals surface area contributed by atoms with Crippen LogP contribution in [0.15, 0.2) is 18.2 Å². The molecule has 0 spiro atoms. The fraction of sp³-hybridized carbons (Fsp3) is 0.625. The number of ether oxygens (including phenoxy) is 1. The Bertz CT molecular complexity index is 398. The van der Waals surface area contributed by atoms with Gasteiger partial charge in [-0.1, -0.05) is 25.8 Å². The van der Waals surface area contributed by atoms with Crippen LogP contribution in [0.1, 0.15) is 39.5 Å². The van der Waals surface area contributed by atoms with Crippen LogP contribution in [-0.2, 0) is 0 Å². The maximum absolute atomic E-state index is 6.23. The summed E-state index contributed by atoms with van der Waals surface area (Å²) in [4.78, 5) is 2.41. The van der Waals surface area contributed by atoms with E-state index in [1.807, 2.05) is 19.1 Å². The Morgan fingerprint density at radius 1 is 1.26 bits per heavy atom. The largest absolute Gasteiger partial charge is 0.492 e. The average Bonchev–Trinajstić information content (AvgIpc) is 2.43. The molecular weight excluding hydrogens is 236 g/mol. The monoisotopic (exact) mass is 262 g/mol. The van der Waals surface area contributed by atoms with Gasteiger partial charge in [-0.2, -0.15) is 0 Å². The number of nitrogens with two attached hydrogens (primary N) is 1. The summed E-state index contributed by atoms with van der Waals surface area (Å²) >= 11 is 0. The minimum absolute atomic E-state index is 0.659. The topological polar surface area (TPSA) is 38.5 Å². The average molecular weight is 262 g/mol. The first kappa shape index (κ1) is 14.0. The van der Waals surface area contributed by atoms with Crippen LogP contribution in [0.25, 0.3) is 0 Å². The second kappa shape index (κ2) is 6.69. The van der Waals surface area contributed by atoms with Gasteiger partial charge in [0.2, 0.25) is 0 Å². The van der Waals surface area contributed by atoms with Crippen molar-refractivity contribution >= 4 is 11.4 Å². The van der Waals surface area contributed by atoms with Crippen molar-refractivity contribution in [1.82, 2.24) is 0 Å². The first-order valence-corrected chi connectivity index (χ1v) is 7.52. The zero-order valence-electron chi connectivity index (χ0n) is 12.2. The Hall–Kier alpha value is -1.38. The van der Waals surface area contributed by atoms with Crippen molar-refractivity contribution in [3.05, 3.63) is 18.2 Å². The summed E-state index contributed by atoms with van der Waals surface area (Å²) in [6, 6.07) is 6.10. The van der Waals surface area contributed by atoms with Crippen molar-refractivity contribution in [3.8, 4) is 5.75 Å². The molecule has 1 aliphatic rings. The molecule has 1 heterocycles. The van der Waals surface area contributed by atoms with Crippen LogP contribution >= 0.6 is 0 Å². The zero-order valence-corrected chi connectivity index (χ0v) is 12.2. The first-order valence-electron chi connectivity index (χ1n) is 7.52. The summed E-state index contributed by atoms with van der Waals surface area (Å²) in [5.41, 5.74) is 8.16. The van der Waals surface area contributed by atoms with E-state index in [1.165, 1.54) is 25.7 Å². The molecule has 1 aromatic rings. The smallest absolute Gasteiger partial charge is 0.144 e. The molecule has 0 bridgehead atoms. The third kappa shape index (κ3) is 3.34. The summed E-state index contributed by atoms with van der Waals surface area (Å²) in [6.45, 7) is 7.15. The maximum Gasteiger partial charge on any atom is 0.144 e. The summed E-state index contributed by atoms with van der Waals surface area (Å²) in [6.07, 6.45) is 5.23. The van der Waals surface area contributed by atoms with Gasteiger partial charge in [-0.25, -0.2) is 0 Å². The molecule has 0 atom stereocenters. The van der Waals surface area contributed by atoms with Gasteiger partial charge in [0.05, 0.1) is 18.0 Å². The predicted octanol–water partition coefficient (Wildman–Crippen LogP) is 3.68. The Kier molecular flexibility index (Phi) is 4.94. The van der Waals surface area contributed by atoms with Crippen LogP contribution in [0.3, 0.4) is 0 Å². The molecule has 1 fully saturated rings. The SMILES string of the molecule is CCCC1CCN(c2cccc(OCC)c2N)CC1. The minimum atomic E-state index is 0.659. The van der Waals surface area contributed by atoms with Gasteiger partial charge in [-0.05, 0) is 37.8 Å². The molecule has 2 N–H and O–H groups in total. The van der Waals surface area contributed by atoms with Crippen molar-refractivity contribution in [1.29, 1.82) is 0 Å². The second-order valence-electron chi connectivity index (χ2n) is 5.34. The molecule has 3 heteroatoms. The lowest BCUT2D eigenvalue weighted by atomic mass is 9.92. The fourth-order valence-corrected chi connectivity index (χ4v) is 2.96. The Balaban J connectivity index is 2.05. The molecule has 0 radical (unpaired) electrons. The molecular formula is C16H26N2O. The number of anilines is 2. The van der Waals surface area contributed by atoms with Crippen molar-refractivity contribution in [2.24, 2.45) is 5.92 Å². The Morgan fingerprint density at radius 2 is 2.00 bits per heavy atom. The highest BCUT2D eigenvalue weighted by molar-refractivity contribution is 5.74. The predicted molar refractivity (Wildman–Crippen MR) is 81.9 cm³/mol. The van der Waals surface area contributed by atoms with E-state index < -0.39 is 0 Å². The minimum Gasteiger partial charge on any atom is -0.492 e. The molecule has 19 heavy (non-hydrogen) atoms. The number of rotatable bonds is 5. The van der Waals surface area contributed by atoms with Gasteiger partial charge in [0.1, 0.15) is 5.75 Å². The maximum atomic E-state index is 6.23. The lowest BCUT2D eigenvalue weighted by molar-refractivity contribution is 0.341. The molecule has 0 unspecified atom stereocenters. The van der Waals surface area contributed by atoms with E-state index in [2.05, 4.69) is 17.9 Å². The molecule has 0 saturated carbocycles. The zero-order chi connectivity index (χ0) is 13.7. The summed E-state index contributed by atoms with van der Waals surface area (Å²) in [5.74, 6) is 1.72. The summed E-state index contributed by atoms with van der Waals surface area (Å²) in [5, 5.41) is 0. The van der Waals surface area contributed by atoms with Crippen LogP contribution in [-0.4, -0.2) is 19.7 Å². The van der Waals surface area contributed by atoms with E-state index in [0.717, 1.165) is 36.1 Å². The Labute approximate surface area is 116 Å². The molecule has 0 amide bonds. The third-order valence-corrected chi connectivity index (χ3v) is 4.00. The van der Waals surface area contributed by atoms with Gasteiger partial charge in [0.25, 0.3) is 0 Å². The first-order chi connectivity index (χ1) is 9.26. The number of nitrogens with zero attached hydrogens (tertiary/aromatic N) is 1. The molecule has 3 nitrogen and oxygen atoms in total. The normalized spacial score (nSPS) is 16.6. The van der Waals surface area contributed by atoms with Crippen molar-refractivity contribution in [2.75, 3.05) is 30.3 Å². The number of benzene rings is 1. The molecule has 1 saturated heterocycles. The Morgan fingerprint density at radius 3 is 2.63 bits per heavy atom. The third-order valence-electron chi connectivity index (χ3n) is 4.00. The summed E-state index contributed by atoms with van der Waals surface area (Å²) < 4.78 is 5.58. The fourth-order valence-electron chi connectivity index (χ4n) is 2.96. The lowest BCUT2D eigenvalue weighted by Gasteiger charge is -2.34. The van der Waals surface area contributed by atoms with Gasteiger partial charge in [-0.15, -0.1) is 0 Å². The van der Waals surface area contributed by atoms with Crippen LogP contribution < -0.4 is 15.4 Å². The van der Waals surface area contributed by atoms with E-state index in [-0.39, 0.29) is 0 Å². The molecule has 2 rings (SSSR count). The van der Waals surface area contributed by atoms with E-state index in [1.54, 1.807) is 0 Å². The molecule has 0 aliphatic carbocycles. The number of nitrogen functional groups attached to an aromatic ring is 1. The van der Waals surface area contributed by atoms with Crippen LogP contribution in [0.5, 0.6) is 5.75 Å². The highest BCUT2D eigenvalue weighted by Gasteiger charge is 2.20. The molecule has 106 valence electrons. The van der Waals surface area contributed by atoms with Crippen molar-refractivity contribution < 1.29 is 4.74 Å². The van der Waals surface area contributed by atoms with Crippen molar-refractivity contribution in [3.63, 3.8) is 0 Å². The highest BCUT2D eigenvalue weighted by Crippen LogP contribution is 2.35. The van der Waals surface area contributed by atoms with Crippen LogP contribution in [0, 0.1) is 5.92 Å². The molecule has 1 aromatic carbocycles. The van der Waals surface area contributed by atoms with E-state index in [9.17, 15) is 0 Å². The summed E-state index contributed by atoms with van der Waals surface area (Å²) in [7, 11) is 0. The van der Waals surface area contributed by atoms with Crippen LogP contribution in [0.2, 0.25) is 0 Å². The van der Waals surface area contributed by atoms with Gasteiger partial charge < -0.3 is 15.4 Å². The molecule has 1 aliphatic heterocycles. The van der Waals surface area contributed by atoms with Gasteiger partial charge in [-0.3, -0.25) is 0 Å². The van der Waals surface area contributed by atoms with E-state index in [0.29, 0.717) is 6.61 Å². The lowest BCUT2D eigenvalue weighted by Crippen LogP contribution is -2.34. The van der Waals surface area contributed by atoms with Gasteiger partial charge in [0.15, 0.2) is 0 Å². The molecule has 0 aromatic heterocycles. The number of hydrogen-bond donors (Lipinski definition) is 1. The highest BCUT2D eigenvalue weighted by atomic mass is 16.5. The number of piperidine rings is 1. The second-order valence-corrected chi connectivity index (χ2v) is 5.34. The van der Waals surface area contributed by atoms with E-state index in [4.69, 9.17) is 10.5 Å².